The van der Waals surface area contributed by atoms with Crippen LogP contribution in [0.3, 0.4) is 0 Å². The van der Waals surface area contributed by atoms with E-state index in [-0.39, 0.29) is 0 Å². The average Bonchev–Trinajstić information content (AvgIpc) is 3.11. The number of ether oxygens (including phenoxy) is 1. The first-order valence-electron chi connectivity index (χ1n) is 8.12. The van der Waals surface area contributed by atoms with Crippen LogP contribution < -0.4 is 0 Å². The van der Waals surface area contributed by atoms with Crippen LogP contribution in [0.1, 0.15) is 34.5 Å². The van der Waals surface area contributed by atoms with Crippen molar-refractivity contribution in [3.63, 3.8) is 0 Å². The molecule has 1 heterocycles. The van der Waals surface area contributed by atoms with E-state index in [0.29, 0.717) is 24.1 Å². The molecule has 1 aliphatic rings. The third kappa shape index (κ3) is 3.40. The third-order valence-corrected chi connectivity index (χ3v) is 5.92. The second-order valence-corrected chi connectivity index (χ2v) is 7.50. The maximum absolute atomic E-state index is 12.9. The topological polar surface area (TPSA) is 44.1 Å². The highest BCUT2D eigenvalue weighted by molar-refractivity contribution is 7.84. The average molecular weight is 332 g/mol. The van der Waals surface area contributed by atoms with Gasteiger partial charge in [-0.3, -0.25) is 4.21 Å². The molecule has 0 bridgehead atoms. The van der Waals surface area contributed by atoms with Gasteiger partial charge in [0, 0.05) is 19.3 Å². The lowest BCUT2D eigenvalue weighted by atomic mass is 10.1. The number of imidazole rings is 1. The van der Waals surface area contributed by atoms with E-state index in [1.54, 1.807) is 7.11 Å². The van der Waals surface area contributed by atoms with Gasteiger partial charge in [0.2, 0.25) is 0 Å². The number of fused-ring (bicyclic) bond motifs is 1. The molecule has 0 amide bonds. The first-order chi connectivity index (χ1) is 11.1. The van der Waals surface area contributed by atoms with Crippen LogP contribution in [0, 0.1) is 13.8 Å². The molecule has 124 valence electrons. The zero-order chi connectivity index (χ0) is 16.4. The lowest BCUT2D eigenvalue weighted by Crippen LogP contribution is -2.12. The Morgan fingerprint density at radius 2 is 2.04 bits per heavy atom. The fraction of sp³-hybridized carbons (Fsp3) is 0.500. The van der Waals surface area contributed by atoms with Gasteiger partial charge in [-0.2, -0.15) is 0 Å². The van der Waals surface area contributed by atoms with Crippen molar-refractivity contribution in [3.05, 3.63) is 46.3 Å². The highest BCUT2D eigenvalue weighted by Crippen LogP contribution is 2.24. The van der Waals surface area contributed by atoms with Gasteiger partial charge in [0.25, 0.3) is 0 Å². The minimum Gasteiger partial charge on any atom is -0.383 e. The summed E-state index contributed by atoms with van der Waals surface area (Å²) in [4.78, 5) is 4.54. The first-order valence-corrected chi connectivity index (χ1v) is 9.43. The Kier molecular flexibility index (Phi) is 4.97. The van der Waals surface area contributed by atoms with Crippen molar-refractivity contribution in [1.82, 2.24) is 9.55 Å². The number of hydrogen-bond acceptors (Lipinski definition) is 3. The van der Waals surface area contributed by atoms with Crippen molar-refractivity contribution in [3.8, 4) is 0 Å². The van der Waals surface area contributed by atoms with E-state index in [1.165, 1.54) is 24.0 Å². The molecule has 23 heavy (non-hydrogen) atoms. The number of aryl methyl sites for hydroxylation is 3. The Bertz CT molecular complexity index is 737. The summed E-state index contributed by atoms with van der Waals surface area (Å²) in [6.07, 6.45) is 3.57. The fourth-order valence-corrected chi connectivity index (χ4v) is 4.50. The number of rotatable bonds is 6. The molecule has 5 heteroatoms. The molecule has 1 aromatic heterocycles. The van der Waals surface area contributed by atoms with E-state index in [4.69, 9.17) is 4.74 Å². The summed E-state index contributed by atoms with van der Waals surface area (Å²) in [5.74, 6) is 0.524. The molecule has 0 saturated heterocycles. The molecule has 0 N–H and O–H groups in total. The SMILES string of the molecule is COCCn1c([S@](=O)Cc2ccc3c(c2)CCC3)nc(C)c1C. The standard InChI is InChI=1S/C18H24N2O2S/c1-13-14(2)20(9-10-22-3)18(19-13)23(21)12-15-7-8-16-5-4-6-17(16)11-15/h7-8,11H,4-6,9-10,12H2,1-3H3/t23-/m1/s1. The molecule has 0 spiro atoms. The normalized spacial score (nSPS) is 14.9. The van der Waals surface area contributed by atoms with E-state index in [9.17, 15) is 4.21 Å². The van der Waals surface area contributed by atoms with Gasteiger partial charge >= 0.3 is 0 Å². The molecule has 2 aromatic rings. The number of hydrogen-bond donors (Lipinski definition) is 0. The Morgan fingerprint density at radius 1 is 1.26 bits per heavy atom. The zero-order valence-electron chi connectivity index (χ0n) is 14.1. The zero-order valence-corrected chi connectivity index (χ0v) is 14.9. The summed E-state index contributed by atoms with van der Waals surface area (Å²) >= 11 is 0. The first kappa shape index (κ1) is 16.4. The Labute approximate surface area is 140 Å². The van der Waals surface area contributed by atoms with Gasteiger partial charge in [0.1, 0.15) is 0 Å². The van der Waals surface area contributed by atoms with Crippen LogP contribution >= 0.6 is 0 Å². The summed E-state index contributed by atoms with van der Waals surface area (Å²) in [5.41, 5.74) is 6.03. The molecule has 3 rings (SSSR count). The molecule has 1 atom stereocenters. The van der Waals surface area contributed by atoms with E-state index in [1.807, 2.05) is 18.4 Å². The van der Waals surface area contributed by atoms with Crippen LogP contribution in [0.15, 0.2) is 23.4 Å². The minimum absolute atomic E-state index is 0.524. The quantitative estimate of drug-likeness (QED) is 0.817. The van der Waals surface area contributed by atoms with Gasteiger partial charge in [-0.05, 0) is 49.8 Å². The predicted octanol–water partition coefficient (Wildman–Crippen LogP) is 2.94. The smallest absolute Gasteiger partial charge is 0.199 e. The minimum atomic E-state index is -1.14. The van der Waals surface area contributed by atoms with E-state index >= 15 is 0 Å². The molecule has 0 unspecified atom stereocenters. The van der Waals surface area contributed by atoms with E-state index in [0.717, 1.165) is 23.4 Å². The van der Waals surface area contributed by atoms with Crippen LogP contribution in [-0.2, 0) is 40.7 Å². The van der Waals surface area contributed by atoms with Crippen molar-refractivity contribution in [2.75, 3.05) is 13.7 Å². The number of methoxy groups -OCH3 is 1. The van der Waals surface area contributed by atoms with Crippen molar-refractivity contribution in [2.24, 2.45) is 0 Å². The van der Waals surface area contributed by atoms with Crippen molar-refractivity contribution >= 4 is 10.8 Å². The largest absolute Gasteiger partial charge is 0.383 e. The van der Waals surface area contributed by atoms with Crippen LogP contribution in [0.5, 0.6) is 0 Å². The predicted molar refractivity (Wildman–Crippen MR) is 92.2 cm³/mol. The molecule has 1 aromatic carbocycles. The van der Waals surface area contributed by atoms with Gasteiger partial charge in [0.05, 0.1) is 28.9 Å². The van der Waals surface area contributed by atoms with Crippen molar-refractivity contribution in [1.29, 1.82) is 0 Å². The lowest BCUT2D eigenvalue weighted by molar-refractivity contribution is 0.184. The number of benzene rings is 1. The summed E-state index contributed by atoms with van der Waals surface area (Å²) in [6, 6.07) is 6.54. The molecule has 0 radical (unpaired) electrons. The van der Waals surface area contributed by atoms with Crippen LogP contribution in [0.4, 0.5) is 0 Å². The number of aromatic nitrogens is 2. The van der Waals surface area contributed by atoms with Gasteiger partial charge in [-0.1, -0.05) is 18.2 Å². The van der Waals surface area contributed by atoms with Gasteiger partial charge < -0.3 is 9.30 Å². The molecule has 0 saturated carbocycles. The summed E-state index contributed by atoms with van der Waals surface area (Å²) in [7, 11) is 0.542. The maximum atomic E-state index is 12.9. The summed E-state index contributed by atoms with van der Waals surface area (Å²) < 4.78 is 20.0. The Hall–Kier alpha value is -1.46. The van der Waals surface area contributed by atoms with Crippen molar-refractivity contribution < 1.29 is 8.95 Å². The second kappa shape index (κ2) is 6.97. The molecule has 0 fully saturated rings. The van der Waals surface area contributed by atoms with E-state index < -0.39 is 10.8 Å². The van der Waals surface area contributed by atoms with Gasteiger partial charge in [-0.15, -0.1) is 0 Å². The number of nitrogens with zero attached hydrogens (tertiary/aromatic N) is 2. The maximum Gasteiger partial charge on any atom is 0.199 e. The Morgan fingerprint density at radius 3 is 2.83 bits per heavy atom. The lowest BCUT2D eigenvalue weighted by Gasteiger charge is -2.10. The second-order valence-electron chi connectivity index (χ2n) is 6.16. The highest BCUT2D eigenvalue weighted by Gasteiger charge is 2.18. The monoisotopic (exact) mass is 332 g/mol. The molecule has 4 nitrogen and oxygen atoms in total. The molecular formula is C18H24N2O2S. The van der Waals surface area contributed by atoms with Gasteiger partial charge in [0.15, 0.2) is 5.16 Å². The summed E-state index contributed by atoms with van der Waals surface area (Å²) in [6.45, 7) is 5.27. The van der Waals surface area contributed by atoms with Crippen LogP contribution in [-0.4, -0.2) is 27.5 Å². The van der Waals surface area contributed by atoms with Crippen LogP contribution in [0.25, 0.3) is 0 Å². The fourth-order valence-electron chi connectivity index (χ4n) is 3.17. The van der Waals surface area contributed by atoms with E-state index in [2.05, 4.69) is 23.2 Å². The highest BCUT2D eigenvalue weighted by atomic mass is 32.2. The molecule has 0 aliphatic heterocycles. The molecule has 1 aliphatic carbocycles. The third-order valence-electron chi connectivity index (χ3n) is 4.61. The summed E-state index contributed by atoms with van der Waals surface area (Å²) in [5, 5.41) is 0.664. The Balaban J connectivity index is 1.82. The van der Waals surface area contributed by atoms with Gasteiger partial charge in [-0.25, -0.2) is 4.98 Å². The van der Waals surface area contributed by atoms with Crippen LogP contribution in [0.2, 0.25) is 0 Å². The molecular weight excluding hydrogens is 308 g/mol. The van der Waals surface area contributed by atoms with Crippen molar-refractivity contribution in [2.45, 2.75) is 50.6 Å².